The molecule has 3 heterocycles. The molecule has 11 N–H and O–H groups in total. The molecule has 0 saturated carbocycles. The lowest BCUT2D eigenvalue weighted by Crippen LogP contribution is -2.81. The molecule has 0 aromatic heterocycles. The third-order valence-corrected chi connectivity index (χ3v) is 6.87. The van der Waals surface area contributed by atoms with Gasteiger partial charge in [0.1, 0.15) is 18.0 Å². The standard InChI is InChI=1S/C19H39N5O7/c1-7-13(9(26-3)6-12(25)29-7)10-5-11(27-4)15(8(2)28-10)30-17-14(20)16(21)19(23,24)18(22)31-17/h7-18,25H,5-6,20-24H2,1-4H3/t7-,8-,9-,10?,11-,12+,13-,14-,15-,16-,17?,18+/m0/s1. The van der Waals surface area contributed by atoms with Crippen LogP contribution in [0.2, 0.25) is 0 Å². The molecule has 12 nitrogen and oxygen atoms in total. The molecule has 12 heteroatoms. The highest BCUT2D eigenvalue weighted by Crippen LogP contribution is 2.38. The summed E-state index contributed by atoms with van der Waals surface area (Å²) in [6.07, 6.45) is -3.80. The minimum Gasteiger partial charge on any atom is -0.381 e. The average Bonchev–Trinajstić information content (AvgIpc) is 2.71. The summed E-state index contributed by atoms with van der Waals surface area (Å²) in [5, 5.41) is 9.92. The van der Waals surface area contributed by atoms with E-state index in [4.69, 9.17) is 57.1 Å². The number of methoxy groups -OCH3 is 2. The minimum atomic E-state index is -1.48. The first-order valence-electron chi connectivity index (χ1n) is 10.7. The zero-order valence-electron chi connectivity index (χ0n) is 18.6. The van der Waals surface area contributed by atoms with Gasteiger partial charge in [0, 0.05) is 33.0 Å². The molecule has 182 valence electrons. The van der Waals surface area contributed by atoms with Crippen LogP contribution in [-0.4, -0.2) is 92.5 Å². The lowest BCUT2D eigenvalue weighted by molar-refractivity contribution is -0.301. The largest absolute Gasteiger partial charge is 0.381 e. The fraction of sp³-hybridized carbons (Fsp3) is 1.00. The molecule has 3 aliphatic heterocycles. The zero-order chi connectivity index (χ0) is 23.1. The van der Waals surface area contributed by atoms with Crippen LogP contribution in [0.25, 0.3) is 0 Å². The van der Waals surface area contributed by atoms with Crippen molar-refractivity contribution >= 4 is 0 Å². The third kappa shape index (κ3) is 4.90. The van der Waals surface area contributed by atoms with E-state index < -0.39 is 42.7 Å². The first kappa shape index (κ1) is 25.1. The van der Waals surface area contributed by atoms with E-state index in [1.165, 1.54) is 0 Å². The van der Waals surface area contributed by atoms with Crippen molar-refractivity contribution in [3.05, 3.63) is 0 Å². The summed E-state index contributed by atoms with van der Waals surface area (Å²) in [6.45, 7) is 3.79. The topological polar surface area (TPSA) is 206 Å². The minimum absolute atomic E-state index is 0.0837. The smallest absolute Gasteiger partial charge is 0.177 e. The molecule has 3 fully saturated rings. The van der Waals surface area contributed by atoms with Crippen LogP contribution < -0.4 is 28.7 Å². The normalized spacial score (nSPS) is 50.9. The summed E-state index contributed by atoms with van der Waals surface area (Å²) < 4.78 is 35.1. The van der Waals surface area contributed by atoms with Crippen LogP contribution in [0.4, 0.5) is 0 Å². The van der Waals surface area contributed by atoms with Crippen molar-refractivity contribution in [2.45, 2.75) is 99.9 Å². The fourth-order valence-corrected chi connectivity index (χ4v) is 4.92. The van der Waals surface area contributed by atoms with Gasteiger partial charge in [0.15, 0.2) is 12.6 Å². The molecule has 0 aromatic rings. The van der Waals surface area contributed by atoms with Gasteiger partial charge < -0.3 is 62.2 Å². The first-order valence-corrected chi connectivity index (χ1v) is 10.7. The van der Waals surface area contributed by atoms with Gasteiger partial charge in [0.2, 0.25) is 0 Å². The van der Waals surface area contributed by atoms with Gasteiger partial charge in [-0.25, -0.2) is 0 Å². The number of aliphatic hydroxyl groups is 1. The highest BCUT2D eigenvalue weighted by atomic mass is 16.7. The lowest BCUT2D eigenvalue weighted by atomic mass is 9.81. The van der Waals surface area contributed by atoms with Crippen molar-refractivity contribution < 1.29 is 33.5 Å². The summed E-state index contributed by atoms with van der Waals surface area (Å²) in [6, 6.07) is -1.62. The summed E-state index contributed by atoms with van der Waals surface area (Å²) in [4.78, 5) is 0. The van der Waals surface area contributed by atoms with Crippen molar-refractivity contribution in [2.24, 2.45) is 34.6 Å². The Morgan fingerprint density at radius 3 is 2.16 bits per heavy atom. The Morgan fingerprint density at radius 2 is 1.55 bits per heavy atom. The first-order chi connectivity index (χ1) is 14.5. The predicted molar refractivity (Wildman–Crippen MR) is 110 cm³/mol. The van der Waals surface area contributed by atoms with E-state index in [0.29, 0.717) is 12.8 Å². The van der Waals surface area contributed by atoms with E-state index >= 15 is 0 Å². The highest BCUT2D eigenvalue weighted by molar-refractivity contribution is 5.04. The average molecular weight is 450 g/mol. The molecule has 0 spiro atoms. The van der Waals surface area contributed by atoms with Crippen LogP contribution in [-0.2, 0) is 28.4 Å². The van der Waals surface area contributed by atoms with Gasteiger partial charge in [-0.3, -0.25) is 0 Å². The Morgan fingerprint density at radius 1 is 0.903 bits per heavy atom. The molecular formula is C19H39N5O7. The Hall–Kier alpha value is -0.480. The summed E-state index contributed by atoms with van der Waals surface area (Å²) in [7, 11) is 3.23. The van der Waals surface area contributed by atoms with E-state index in [0.717, 1.165) is 0 Å². The van der Waals surface area contributed by atoms with Gasteiger partial charge in [-0.05, 0) is 13.8 Å². The molecule has 0 amide bonds. The number of hydrogen-bond acceptors (Lipinski definition) is 12. The van der Waals surface area contributed by atoms with Gasteiger partial charge in [-0.1, -0.05) is 0 Å². The highest BCUT2D eigenvalue weighted by Gasteiger charge is 2.52. The molecule has 0 bridgehead atoms. The van der Waals surface area contributed by atoms with E-state index in [2.05, 4.69) is 0 Å². The fourth-order valence-electron chi connectivity index (χ4n) is 4.92. The molecule has 0 radical (unpaired) electrons. The summed E-state index contributed by atoms with van der Waals surface area (Å²) in [5.41, 5.74) is 28.7. The Labute approximate surface area is 182 Å². The number of ether oxygens (including phenoxy) is 6. The Bertz CT molecular complexity index is 602. The third-order valence-electron chi connectivity index (χ3n) is 6.87. The molecule has 3 saturated heterocycles. The predicted octanol–water partition coefficient (Wildman–Crippen LogP) is -2.77. The van der Waals surface area contributed by atoms with Crippen molar-refractivity contribution in [3.63, 3.8) is 0 Å². The van der Waals surface area contributed by atoms with E-state index in [1.807, 2.05) is 13.8 Å². The molecule has 2 unspecified atom stereocenters. The van der Waals surface area contributed by atoms with Crippen LogP contribution in [0.15, 0.2) is 0 Å². The maximum absolute atomic E-state index is 9.92. The van der Waals surface area contributed by atoms with Crippen LogP contribution in [0, 0.1) is 5.92 Å². The quantitative estimate of drug-likeness (QED) is 0.236. The lowest BCUT2D eigenvalue weighted by Gasteiger charge is -2.50. The van der Waals surface area contributed by atoms with Gasteiger partial charge in [-0.2, -0.15) is 0 Å². The molecule has 31 heavy (non-hydrogen) atoms. The molecular weight excluding hydrogens is 410 g/mol. The summed E-state index contributed by atoms with van der Waals surface area (Å²) >= 11 is 0. The monoisotopic (exact) mass is 449 g/mol. The van der Waals surface area contributed by atoms with Crippen molar-refractivity contribution in [2.75, 3.05) is 14.2 Å². The molecule has 3 rings (SSSR count). The maximum atomic E-state index is 9.92. The summed E-state index contributed by atoms with van der Waals surface area (Å²) in [5.74, 6) is -0.0837. The van der Waals surface area contributed by atoms with Gasteiger partial charge in [0.05, 0.1) is 42.6 Å². The van der Waals surface area contributed by atoms with E-state index in [9.17, 15) is 5.11 Å². The van der Waals surface area contributed by atoms with Gasteiger partial charge >= 0.3 is 0 Å². The SMILES string of the molecule is CO[C@H]1CC([C@H]2[C@H](C)O[C@@H](O)C[C@@H]2OC)O[C@@H](C)[C@@H]1OC1O[C@@H](N)C(N)(N)[C@@H](N)[C@@H]1N. The molecule has 0 aliphatic carbocycles. The van der Waals surface area contributed by atoms with Crippen molar-refractivity contribution in [1.29, 1.82) is 0 Å². The van der Waals surface area contributed by atoms with Crippen LogP contribution >= 0.6 is 0 Å². The number of rotatable bonds is 5. The van der Waals surface area contributed by atoms with Crippen molar-refractivity contribution in [3.8, 4) is 0 Å². The molecule has 0 aromatic carbocycles. The van der Waals surface area contributed by atoms with E-state index in [-0.39, 0.29) is 36.4 Å². The molecule has 3 aliphatic rings. The van der Waals surface area contributed by atoms with Gasteiger partial charge in [0.25, 0.3) is 0 Å². The second-order valence-corrected chi connectivity index (χ2v) is 8.90. The van der Waals surface area contributed by atoms with E-state index in [1.54, 1.807) is 14.2 Å². The Balaban J connectivity index is 1.71. The number of hydrogen-bond donors (Lipinski definition) is 6. The number of nitrogens with two attached hydrogens (primary N) is 5. The Kier molecular flexibility index (Phi) is 7.94. The maximum Gasteiger partial charge on any atom is 0.177 e. The van der Waals surface area contributed by atoms with Crippen molar-refractivity contribution in [1.82, 2.24) is 0 Å². The van der Waals surface area contributed by atoms with Gasteiger partial charge in [-0.15, -0.1) is 0 Å². The zero-order valence-corrected chi connectivity index (χ0v) is 18.6. The number of aliphatic hydroxyl groups excluding tert-OH is 1. The van der Waals surface area contributed by atoms with Crippen LogP contribution in [0.3, 0.4) is 0 Å². The van der Waals surface area contributed by atoms with Crippen LogP contribution in [0.1, 0.15) is 26.7 Å². The molecule has 12 atom stereocenters. The second kappa shape index (κ2) is 9.79. The second-order valence-electron chi connectivity index (χ2n) is 8.90. The van der Waals surface area contributed by atoms with Crippen LogP contribution in [0.5, 0.6) is 0 Å².